The standard InChI is InChI=1S/C12H19FN2O/c1-10(16)9-15(7-3-6-14)12-5-2-4-11(13)8-12/h2,4-5,8,10,16H,3,6-7,9,14H2,1H3. The van der Waals surface area contributed by atoms with Crippen molar-refractivity contribution in [3.63, 3.8) is 0 Å². The first-order valence-electron chi connectivity index (χ1n) is 5.52. The fraction of sp³-hybridized carbons (Fsp3) is 0.500. The van der Waals surface area contributed by atoms with Crippen LogP contribution in [0.1, 0.15) is 13.3 Å². The zero-order chi connectivity index (χ0) is 12.0. The van der Waals surface area contributed by atoms with Crippen molar-refractivity contribution in [2.75, 3.05) is 24.5 Å². The van der Waals surface area contributed by atoms with Crippen molar-refractivity contribution < 1.29 is 9.50 Å². The van der Waals surface area contributed by atoms with Crippen LogP contribution in [-0.2, 0) is 0 Å². The van der Waals surface area contributed by atoms with Crippen LogP contribution in [0, 0.1) is 5.82 Å². The third-order valence-electron chi connectivity index (χ3n) is 2.29. The zero-order valence-corrected chi connectivity index (χ0v) is 9.56. The van der Waals surface area contributed by atoms with E-state index in [0.29, 0.717) is 13.1 Å². The highest BCUT2D eigenvalue weighted by atomic mass is 19.1. The Bertz CT molecular complexity index is 318. The van der Waals surface area contributed by atoms with E-state index < -0.39 is 6.10 Å². The molecule has 1 atom stereocenters. The number of halogens is 1. The molecule has 0 saturated carbocycles. The minimum Gasteiger partial charge on any atom is -0.392 e. The number of hydrogen-bond acceptors (Lipinski definition) is 3. The second kappa shape index (κ2) is 6.45. The van der Waals surface area contributed by atoms with E-state index in [1.54, 1.807) is 13.0 Å². The van der Waals surface area contributed by atoms with Gasteiger partial charge in [0.25, 0.3) is 0 Å². The van der Waals surface area contributed by atoms with Gasteiger partial charge in [-0.2, -0.15) is 0 Å². The molecule has 16 heavy (non-hydrogen) atoms. The molecule has 0 heterocycles. The number of hydrogen-bond donors (Lipinski definition) is 2. The van der Waals surface area contributed by atoms with Crippen LogP contribution in [0.2, 0.25) is 0 Å². The van der Waals surface area contributed by atoms with Gasteiger partial charge >= 0.3 is 0 Å². The number of nitrogens with zero attached hydrogens (tertiary/aromatic N) is 1. The third-order valence-corrected chi connectivity index (χ3v) is 2.29. The average Bonchev–Trinajstić information content (AvgIpc) is 2.23. The van der Waals surface area contributed by atoms with Crippen molar-refractivity contribution in [1.82, 2.24) is 0 Å². The largest absolute Gasteiger partial charge is 0.392 e. The van der Waals surface area contributed by atoms with Gasteiger partial charge in [0, 0.05) is 18.8 Å². The molecule has 3 nitrogen and oxygen atoms in total. The lowest BCUT2D eigenvalue weighted by Crippen LogP contribution is -2.32. The van der Waals surface area contributed by atoms with Crippen molar-refractivity contribution in [2.24, 2.45) is 5.73 Å². The number of aliphatic hydroxyl groups excluding tert-OH is 1. The predicted molar refractivity (Wildman–Crippen MR) is 64.0 cm³/mol. The first-order chi connectivity index (χ1) is 7.63. The average molecular weight is 226 g/mol. The Labute approximate surface area is 95.7 Å². The molecule has 0 aliphatic heterocycles. The van der Waals surface area contributed by atoms with Crippen LogP contribution in [-0.4, -0.2) is 30.8 Å². The third kappa shape index (κ3) is 4.16. The Morgan fingerprint density at radius 1 is 1.50 bits per heavy atom. The molecule has 1 unspecified atom stereocenters. The van der Waals surface area contributed by atoms with Gasteiger partial charge in [0.05, 0.1) is 6.10 Å². The summed E-state index contributed by atoms with van der Waals surface area (Å²) in [7, 11) is 0. The van der Waals surface area contributed by atoms with E-state index in [1.807, 2.05) is 11.0 Å². The summed E-state index contributed by atoms with van der Waals surface area (Å²) in [6, 6.07) is 6.38. The molecule has 0 fully saturated rings. The quantitative estimate of drug-likeness (QED) is 0.770. The smallest absolute Gasteiger partial charge is 0.125 e. The van der Waals surface area contributed by atoms with E-state index in [4.69, 9.17) is 5.73 Å². The molecule has 0 aromatic heterocycles. The summed E-state index contributed by atoms with van der Waals surface area (Å²) in [4.78, 5) is 1.95. The van der Waals surface area contributed by atoms with Crippen LogP contribution in [0.5, 0.6) is 0 Å². The predicted octanol–water partition coefficient (Wildman–Crippen LogP) is 1.36. The lowest BCUT2D eigenvalue weighted by atomic mass is 10.2. The van der Waals surface area contributed by atoms with Crippen LogP contribution in [0.3, 0.4) is 0 Å². The highest BCUT2D eigenvalue weighted by Gasteiger charge is 2.09. The maximum absolute atomic E-state index is 13.1. The van der Waals surface area contributed by atoms with Gasteiger partial charge in [-0.05, 0) is 38.1 Å². The molecule has 0 aliphatic rings. The molecule has 0 saturated heterocycles. The molecule has 4 heteroatoms. The number of nitrogens with two attached hydrogens (primary N) is 1. The van der Waals surface area contributed by atoms with E-state index in [9.17, 15) is 9.50 Å². The van der Waals surface area contributed by atoms with Gasteiger partial charge in [-0.1, -0.05) is 6.07 Å². The van der Waals surface area contributed by atoms with Crippen LogP contribution >= 0.6 is 0 Å². The summed E-state index contributed by atoms with van der Waals surface area (Å²) >= 11 is 0. The summed E-state index contributed by atoms with van der Waals surface area (Å²) in [5.74, 6) is -0.263. The Kier molecular flexibility index (Phi) is 5.22. The topological polar surface area (TPSA) is 49.5 Å². The molecule has 0 amide bonds. The van der Waals surface area contributed by atoms with Crippen LogP contribution < -0.4 is 10.6 Å². The van der Waals surface area contributed by atoms with E-state index in [0.717, 1.165) is 18.7 Å². The number of anilines is 1. The van der Waals surface area contributed by atoms with Crippen LogP contribution in [0.4, 0.5) is 10.1 Å². The SMILES string of the molecule is CC(O)CN(CCCN)c1cccc(F)c1. The van der Waals surface area contributed by atoms with Gasteiger partial charge in [0.2, 0.25) is 0 Å². The second-order valence-electron chi connectivity index (χ2n) is 3.92. The summed E-state index contributed by atoms with van der Waals surface area (Å²) in [5.41, 5.74) is 6.24. The van der Waals surface area contributed by atoms with Gasteiger partial charge in [-0.25, -0.2) is 4.39 Å². The van der Waals surface area contributed by atoms with Crippen molar-refractivity contribution in [1.29, 1.82) is 0 Å². The minimum atomic E-state index is -0.443. The Morgan fingerprint density at radius 2 is 2.25 bits per heavy atom. The lowest BCUT2D eigenvalue weighted by Gasteiger charge is -2.26. The summed E-state index contributed by atoms with van der Waals surface area (Å²) < 4.78 is 13.1. The Hall–Kier alpha value is -1.13. The Morgan fingerprint density at radius 3 is 2.81 bits per heavy atom. The van der Waals surface area contributed by atoms with Crippen molar-refractivity contribution in [2.45, 2.75) is 19.4 Å². The maximum atomic E-state index is 13.1. The molecular formula is C12H19FN2O. The van der Waals surface area contributed by atoms with Gasteiger partial charge in [0.1, 0.15) is 5.82 Å². The first kappa shape index (κ1) is 12.9. The molecule has 0 bridgehead atoms. The highest BCUT2D eigenvalue weighted by molar-refractivity contribution is 5.46. The molecule has 1 aromatic rings. The van der Waals surface area contributed by atoms with Crippen LogP contribution in [0.15, 0.2) is 24.3 Å². The van der Waals surface area contributed by atoms with Gasteiger partial charge in [0.15, 0.2) is 0 Å². The molecule has 1 rings (SSSR count). The summed E-state index contributed by atoms with van der Waals surface area (Å²) in [6.45, 7) is 3.52. The zero-order valence-electron chi connectivity index (χ0n) is 9.56. The molecule has 0 aliphatic carbocycles. The fourth-order valence-electron chi connectivity index (χ4n) is 1.60. The monoisotopic (exact) mass is 226 g/mol. The number of benzene rings is 1. The first-order valence-corrected chi connectivity index (χ1v) is 5.52. The van der Waals surface area contributed by atoms with E-state index in [-0.39, 0.29) is 5.82 Å². The Balaban J connectivity index is 2.74. The summed E-state index contributed by atoms with van der Waals surface area (Å²) in [5, 5.41) is 9.39. The molecule has 3 N–H and O–H groups in total. The number of aliphatic hydroxyl groups is 1. The molecular weight excluding hydrogens is 207 g/mol. The van der Waals surface area contributed by atoms with E-state index >= 15 is 0 Å². The fourth-order valence-corrected chi connectivity index (χ4v) is 1.60. The summed E-state index contributed by atoms with van der Waals surface area (Å²) in [6.07, 6.45) is 0.379. The normalized spacial score (nSPS) is 12.5. The molecule has 1 aromatic carbocycles. The molecule has 0 radical (unpaired) electrons. The number of rotatable bonds is 6. The molecule has 0 spiro atoms. The van der Waals surface area contributed by atoms with E-state index in [1.165, 1.54) is 12.1 Å². The second-order valence-corrected chi connectivity index (χ2v) is 3.92. The van der Waals surface area contributed by atoms with Gasteiger partial charge in [-0.3, -0.25) is 0 Å². The van der Waals surface area contributed by atoms with E-state index in [2.05, 4.69) is 0 Å². The lowest BCUT2D eigenvalue weighted by molar-refractivity contribution is 0.200. The van der Waals surface area contributed by atoms with Crippen molar-refractivity contribution >= 4 is 5.69 Å². The maximum Gasteiger partial charge on any atom is 0.125 e. The van der Waals surface area contributed by atoms with Crippen molar-refractivity contribution in [3.8, 4) is 0 Å². The molecule has 90 valence electrons. The van der Waals surface area contributed by atoms with Gasteiger partial charge < -0.3 is 15.7 Å². The minimum absolute atomic E-state index is 0.263. The highest BCUT2D eigenvalue weighted by Crippen LogP contribution is 2.16. The van der Waals surface area contributed by atoms with Gasteiger partial charge in [-0.15, -0.1) is 0 Å². The van der Waals surface area contributed by atoms with Crippen LogP contribution in [0.25, 0.3) is 0 Å². The van der Waals surface area contributed by atoms with Crippen molar-refractivity contribution in [3.05, 3.63) is 30.1 Å².